The molecule has 0 aromatic heterocycles. The Balaban J connectivity index is 1.76. The second kappa shape index (κ2) is 6.42. The van der Waals surface area contributed by atoms with Gasteiger partial charge >= 0.3 is 0 Å². The standard InChI is InChI=1S/C22H27ClN2/c1-22(2)21(24-11-12-25(22)3)20-14-18(15-7-5-4-6-8-15)17-10-9-16(23)13-19(17)20/h4-10,13,18,20-21,24H,11-12,14H2,1-3H3/t18-,20+,21?/m0/s1. The zero-order valence-corrected chi connectivity index (χ0v) is 16.1. The average molecular weight is 355 g/mol. The van der Waals surface area contributed by atoms with E-state index in [-0.39, 0.29) is 5.54 Å². The van der Waals surface area contributed by atoms with Crippen molar-refractivity contribution in [3.63, 3.8) is 0 Å². The van der Waals surface area contributed by atoms with Gasteiger partial charge in [0.25, 0.3) is 0 Å². The highest BCUT2D eigenvalue weighted by Gasteiger charge is 2.45. The summed E-state index contributed by atoms with van der Waals surface area (Å²) in [7, 11) is 2.25. The lowest BCUT2D eigenvalue weighted by molar-refractivity contribution is 0.0609. The maximum atomic E-state index is 6.39. The molecule has 2 aliphatic rings. The van der Waals surface area contributed by atoms with E-state index in [0.717, 1.165) is 24.5 Å². The summed E-state index contributed by atoms with van der Waals surface area (Å²) in [4.78, 5) is 2.49. The third-order valence-corrected chi connectivity index (χ3v) is 6.71. The lowest BCUT2D eigenvalue weighted by Gasteiger charge is -2.49. The van der Waals surface area contributed by atoms with Crippen LogP contribution in [-0.2, 0) is 0 Å². The van der Waals surface area contributed by atoms with Crippen molar-refractivity contribution >= 4 is 11.6 Å². The van der Waals surface area contributed by atoms with Gasteiger partial charge in [0.15, 0.2) is 0 Å². The molecular formula is C22H27ClN2. The van der Waals surface area contributed by atoms with Gasteiger partial charge in [-0.25, -0.2) is 0 Å². The second-order valence-electron chi connectivity index (χ2n) is 8.09. The molecular weight excluding hydrogens is 328 g/mol. The summed E-state index contributed by atoms with van der Waals surface area (Å²) in [6.07, 6.45) is 1.15. The van der Waals surface area contributed by atoms with Crippen molar-refractivity contribution in [3.05, 3.63) is 70.2 Å². The fraction of sp³-hybridized carbons (Fsp3) is 0.455. The first-order valence-electron chi connectivity index (χ1n) is 9.27. The first-order chi connectivity index (χ1) is 12.0. The van der Waals surface area contributed by atoms with Crippen LogP contribution in [0.5, 0.6) is 0 Å². The highest BCUT2D eigenvalue weighted by atomic mass is 35.5. The first kappa shape index (κ1) is 17.1. The van der Waals surface area contributed by atoms with E-state index in [1.54, 1.807) is 0 Å². The Morgan fingerprint density at radius 2 is 1.84 bits per heavy atom. The van der Waals surface area contributed by atoms with E-state index < -0.39 is 0 Å². The van der Waals surface area contributed by atoms with Crippen LogP contribution in [0.15, 0.2) is 48.5 Å². The number of halogens is 1. The topological polar surface area (TPSA) is 15.3 Å². The van der Waals surface area contributed by atoms with Crippen LogP contribution in [0.25, 0.3) is 0 Å². The Labute approximate surface area is 156 Å². The molecule has 0 spiro atoms. The molecule has 1 unspecified atom stereocenters. The number of nitrogens with zero attached hydrogens (tertiary/aromatic N) is 1. The van der Waals surface area contributed by atoms with Crippen LogP contribution < -0.4 is 5.32 Å². The third kappa shape index (κ3) is 2.91. The maximum Gasteiger partial charge on any atom is 0.0409 e. The van der Waals surface area contributed by atoms with Gasteiger partial charge in [-0.05, 0) is 56.1 Å². The fourth-order valence-corrected chi connectivity index (χ4v) is 4.99. The highest BCUT2D eigenvalue weighted by Crippen LogP contribution is 2.49. The molecule has 1 fully saturated rings. The van der Waals surface area contributed by atoms with Crippen LogP contribution in [0.3, 0.4) is 0 Å². The zero-order chi connectivity index (χ0) is 17.6. The van der Waals surface area contributed by atoms with Crippen LogP contribution in [0.1, 0.15) is 48.8 Å². The van der Waals surface area contributed by atoms with Gasteiger partial charge in [-0.1, -0.05) is 48.0 Å². The van der Waals surface area contributed by atoms with Gasteiger partial charge in [-0.3, -0.25) is 4.90 Å². The predicted molar refractivity (Wildman–Crippen MR) is 106 cm³/mol. The summed E-state index contributed by atoms with van der Waals surface area (Å²) in [6.45, 7) is 6.88. The molecule has 1 aliphatic heterocycles. The monoisotopic (exact) mass is 354 g/mol. The summed E-state index contributed by atoms with van der Waals surface area (Å²) < 4.78 is 0. The van der Waals surface area contributed by atoms with E-state index in [2.05, 4.69) is 73.6 Å². The number of hydrogen-bond donors (Lipinski definition) is 1. The normalized spacial score (nSPS) is 28.7. The Morgan fingerprint density at radius 3 is 2.60 bits per heavy atom. The number of hydrogen-bond acceptors (Lipinski definition) is 2. The summed E-state index contributed by atoms with van der Waals surface area (Å²) in [5.74, 6) is 0.944. The van der Waals surface area contributed by atoms with Gasteiger partial charge in [0.05, 0.1) is 0 Å². The Hall–Kier alpha value is -1.35. The number of fused-ring (bicyclic) bond motifs is 1. The van der Waals surface area contributed by atoms with Crippen molar-refractivity contribution in [2.24, 2.45) is 0 Å². The number of rotatable bonds is 2. The van der Waals surface area contributed by atoms with Crippen LogP contribution >= 0.6 is 11.6 Å². The van der Waals surface area contributed by atoms with Gasteiger partial charge in [0, 0.05) is 41.5 Å². The smallest absolute Gasteiger partial charge is 0.0409 e. The van der Waals surface area contributed by atoms with E-state index in [9.17, 15) is 0 Å². The Morgan fingerprint density at radius 1 is 1.08 bits per heavy atom. The highest BCUT2D eigenvalue weighted by molar-refractivity contribution is 6.30. The zero-order valence-electron chi connectivity index (χ0n) is 15.3. The maximum absolute atomic E-state index is 6.39. The van der Waals surface area contributed by atoms with Crippen molar-refractivity contribution in [1.82, 2.24) is 10.2 Å². The van der Waals surface area contributed by atoms with E-state index in [1.807, 2.05) is 6.07 Å². The largest absolute Gasteiger partial charge is 0.310 e. The third-order valence-electron chi connectivity index (χ3n) is 6.47. The molecule has 0 amide bonds. The molecule has 3 heteroatoms. The molecule has 25 heavy (non-hydrogen) atoms. The van der Waals surface area contributed by atoms with Crippen LogP contribution in [0.4, 0.5) is 0 Å². The summed E-state index contributed by atoms with van der Waals surface area (Å²) >= 11 is 6.39. The van der Waals surface area contributed by atoms with E-state index in [0.29, 0.717) is 17.9 Å². The molecule has 0 bridgehead atoms. The Kier molecular flexibility index (Phi) is 4.39. The van der Waals surface area contributed by atoms with Crippen molar-refractivity contribution < 1.29 is 0 Å². The molecule has 2 nitrogen and oxygen atoms in total. The van der Waals surface area contributed by atoms with Gasteiger partial charge in [-0.15, -0.1) is 0 Å². The van der Waals surface area contributed by atoms with Crippen molar-refractivity contribution in [3.8, 4) is 0 Å². The van der Waals surface area contributed by atoms with Gasteiger partial charge in [-0.2, -0.15) is 0 Å². The molecule has 3 atom stereocenters. The summed E-state index contributed by atoms with van der Waals surface area (Å²) in [6, 6.07) is 17.8. The molecule has 0 radical (unpaired) electrons. The molecule has 0 saturated carbocycles. The number of likely N-dealkylation sites (N-methyl/N-ethyl adjacent to an activating group) is 1. The van der Waals surface area contributed by atoms with Gasteiger partial charge in [0.2, 0.25) is 0 Å². The van der Waals surface area contributed by atoms with Crippen LogP contribution in [0, 0.1) is 0 Å². The summed E-state index contributed by atoms with van der Waals surface area (Å²) in [5, 5.41) is 4.68. The average Bonchev–Trinajstić information content (AvgIpc) is 2.96. The van der Waals surface area contributed by atoms with E-state index in [1.165, 1.54) is 16.7 Å². The van der Waals surface area contributed by atoms with Crippen LogP contribution in [0.2, 0.25) is 5.02 Å². The van der Waals surface area contributed by atoms with Crippen molar-refractivity contribution in [2.45, 2.75) is 43.7 Å². The molecule has 1 aliphatic carbocycles. The fourth-order valence-electron chi connectivity index (χ4n) is 4.81. The van der Waals surface area contributed by atoms with Crippen molar-refractivity contribution in [2.75, 3.05) is 20.1 Å². The molecule has 1 saturated heterocycles. The predicted octanol–water partition coefficient (Wildman–Crippen LogP) is 4.64. The quantitative estimate of drug-likeness (QED) is 0.845. The minimum atomic E-state index is 0.119. The second-order valence-corrected chi connectivity index (χ2v) is 8.52. The molecule has 132 valence electrons. The van der Waals surface area contributed by atoms with Crippen LogP contribution in [-0.4, -0.2) is 36.6 Å². The van der Waals surface area contributed by atoms with E-state index in [4.69, 9.17) is 11.6 Å². The molecule has 2 aromatic rings. The number of nitrogens with one attached hydrogen (secondary N) is 1. The van der Waals surface area contributed by atoms with Gasteiger partial charge < -0.3 is 5.32 Å². The minimum absolute atomic E-state index is 0.119. The van der Waals surface area contributed by atoms with Crippen molar-refractivity contribution in [1.29, 1.82) is 0 Å². The molecule has 1 N–H and O–H groups in total. The summed E-state index contributed by atoms with van der Waals surface area (Å²) in [5.41, 5.74) is 4.41. The molecule has 1 heterocycles. The molecule has 4 rings (SSSR count). The number of piperazine rings is 1. The minimum Gasteiger partial charge on any atom is -0.310 e. The Bertz CT molecular complexity index is 756. The lowest BCUT2D eigenvalue weighted by atomic mass is 9.78. The molecule has 2 aromatic carbocycles. The lowest BCUT2D eigenvalue weighted by Crippen LogP contribution is -2.64. The van der Waals surface area contributed by atoms with E-state index >= 15 is 0 Å². The SMILES string of the molecule is CN1CCNC([C@@H]2C[C@@H](c3ccccc3)c3ccc(Cl)cc32)C1(C)C. The first-order valence-corrected chi connectivity index (χ1v) is 9.65. The van der Waals surface area contributed by atoms with Gasteiger partial charge in [0.1, 0.15) is 0 Å². The number of benzene rings is 2.